The molecule has 1 fully saturated rings. The SMILES string of the molecule is CC(C)(C)OC(=O)Nc1ccc(O)cc1C1(C(N)C(=O)O)CC1. The molecule has 1 amide bonds. The van der Waals surface area contributed by atoms with E-state index in [0.717, 1.165) is 0 Å². The Morgan fingerprint density at radius 2 is 1.96 bits per heavy atom. The molecule has 5 N–H and O–H groups in total. The van der Waals surface area contributed by atoms with Gasteiger partial charge in [0.05, 0.1) is 0 Å². The fourth-order valence-electron chi connectivity index (χ4n) is 2.59. The molecule has 1 aromatic rings. The average molecular weight is 322 g/mol. The summed E-state index contributed by atoms with van der Waals surface area (Å²) in [6, 6.07) is 3.27. The molecule has 1 unspecified atom stereocenters. The van der Waals surface area contributed by atoms with Crippen LogP contribution in [0.25, 0.3) is 0 Å². The number of hydrogen-bond donors (Lipinski definition) is 4. The van der Waals surface area contributed by atoms with E-state index in [1.165, 1.54) is 18.2 Å². The lowest BCUT2D eigenvalue weighted by Crippen LogP contribution is -2.42. The average Bonchev–Trinajstić information content (AvgIpc) is 3.19. The largest absolute Gasteiger partial charge is 0.508 e. The molecule has 126 valence electrons. The predicted molar refractivity (Wildman–Crippen MR) is 84.5 cm³/mol. The first-order valence-corrected chi connectivity index (χ1v) is 7.37. The second-order valence-corrected chi connectivity index (χ2v) is 6.83. The van der Waals surface area contributed by atoms with Gasteiger partial charge in [-0.2, -0.15) is 0 Å². The van der Waals surface area contributed by atoms with E-state index < -0.39 is 29.1 Å². The van der Waals surface area contributed by atoms with E-state index >= 15 is 0 Å². The molecule has 0 aliphatic heterocycles. The second-order valence-electron chi connectivity index (χ2n) is 6.83. The summed E-state index contributed by atoms with van der Waals surface area (Å²) >= 11 is 0. The first kappa shape index (κ1) is 17.1. The lowest BCUT2D eigenvalue weighted by atomic mass is 9.87. The third kappa shape index (κ3) is 3.73. The zero-order chi connectivity index (χ0) is 17.4. The number of aromatic hydroxyl groups is 1. The van der Waals surface area contributed by atoms with Crippen LogP contribution in [0.5, 0.6) is 5.75 Å². The Morgan fingerprint density at radius 1 is 1.35 bits per heavy atom. The molecule has 0 saturated heterocycles. The normalized spacial score (nSPS) is 17.2. The van der Waals surface area contributed by atoms with E-state index in [-0.39, 0.29) is 5.75 Å². The van der Waals surface area contributed by atoms with Crippen molar-refractivity contribution in [1.29, 1.82) is 0 Å². The van der Waals surface area contributed by atoms with Crippen molar-refractivity contribution >= 4 is 17.7 Å². The summed E-state index contributed by atoms with van der Waals surface area (Å²) in [5.41, 5.74) is 5.28. The quantitative estimate of drug-likeness (QED) is 0.630. The zero-order valence-corrected chi connectivity index (χ0v) is 13.4. The van der Waals surface area contributed by atoms with Crippen LogP contribution < -0.4 is 11.1 Å². The first-order chi connectivity index (χ1) is 10.5. The summed E-state index contributed by atoms with van der Waals surface area (Å²) in [6.07, 6.45) is 0.504. The summed E-state index contributed by atoms with van der Waals surface area (Å²) in [5.74, 6) is -1.13. The summed E-state index contributed by atoms with van der Waals surface area (Å²) in [4.78, 5) is 23.2. The highest BCUT2D eigenvalue weighted by atomic mass is 16.6. The maximum absolute atomic E-state index is 12.0. The van der Waals surface area contributed by atoms with Crippen LogP contribution in [-0.2, 0) is 14.9 Å². The number of nitrogens with one attached hydrogen (secondary N) is 1. The van der Waals surface area contributed by atoms with E-state index in [1.807, 2.05) is 0 Å². The van der Waals surface area contributed by atoms with Gasteiger partial charge in [0.1, 0.15) is 17.4 Å². The molecule has 1 aliphatic carbocycles. The van der Waals surface area contributed by atoms with Gasteiger partial charge in [0.25, 0.3) is 0 Å². The fraction of sp³-hybridized carbons (Fsp3) is 0.500. The van der Waals surface area contributed by atoms with Gasteiger partial charge in [-0.1, -0.05) is 0 Å². The molecule has 0 spiro atoms. The van der Waals surface area contributed by atoms with Crippen LogP contribution in [0.4, 0.5) is 10.5 Å². The lowest BCUT2D eigenvalue weighted by Gasteiger charge is -2.25. The Balaban J connectivity index is 2.32. The van der Waals surface area contributed by atoms with Gasteiger partial charge >= 0.3 is 12.1 Å². The molecule has 1 atom stereocenters. The van der Waals surface area contributed by atoms with Gasteiger partial charge in [0.15, 0.2) is 0 Å². The molecule has 0 radical (unpaired) electrons. The number of anilines is 1. The second kappa shape index (κ2) is 5.73. The number of phenolic OH excluding ortho intramolecular Hbond substituents is 1. The number of aliphatic carboxylic acids is 1. The van der Waals surface area contributed by atoms with Crippen molar-refractivity contribution in [2.75, 3.05) is 5.32 Å². The highest BCUT2D eigenvalue weighted by Gasteiger charge is 2.53. The van der Waals surface area contributed by atoms with Crippen molar-refractivity contribution in [2.24, 2.45) is 5.73 Å². The molecule has 7 nitrogen and oxygen atoms in total. The zero-order valence-electron chi connectivity index (χ0n) is 13.4. The number of benzene rings is 1. The van der Waals surface area contributed by atoms with Gasteiger partial charge in [-0.25, -0.2) is 4.79 Å². The minimum absolute atomic E-state index is 0.0152. The van der Waals surface area contributed by atoms with Gasteiger partial charge in [0.2, 0.25) is 0 Å². The van der Waals surface area contributed by atoms with Gasteiger partial charge in [-0.3, -0.25) is 10.1 Å². The third-order valence-corrected chi connectivity index (χ3v) is 3.83. The molecule has 2 rings (SSSR count). The van der Waals surface area contributed by atoms with Crippen molar-refractivity contribution in [3.05, 3.63) is 23.8 Å². The minimum atomic E-state index is -1.12. The molecule has 1 aliphatic rings. The lowest BCUT2D eigenvalue weighted by molar-refractivity contribution is -0.139. The van der Waals surface area contributed by atoms with Crippen LogP contribution >= 0.6 is 0 Å². The molecule has 0 bridgehead atoms. The highest BCUT2D eigenvalue weighted by Crippen LogP contribution is 2.53. The predicted octanol–water partition coefficient (Wildman–Crippen LogP) is 2.18. The van der Waals surface area contributed by atoms with E-state index in [0.29, 0.717) is 24.1 Å². The molecular weight excluding hydrogens is 300 g/mol. The van der Waals surface area contributed by atoms with Crippen molar-refractivity contribution in [3.8, 4) is 5.75 Å². The smallest absolute Gasteiger partial charge is 0.412 e. The number of rotatable bonds is 4. The number of hydrogen-bond acceptors (Lipinski definition) is 5. The van der Waals surface area contributed by atoms with Crippen molar-refractivity contribution in [2.45, 2.75) is 50.7 Å². The Bertz CT molecular complexity index is 632. The van der Waals surface area contributed by atoms with Gasteiger partial charge in [-0.15, -0.1) is 0 Å². The Hall–Kier alpha value is -2.28. The van der Waals surface area contributed by atoms with Gasteiger partial charge in [-0.05, 0) is 57.4 Å². The van der Waals surface area contributed by atoms with Crippen LogP contribution in [0.2, 0.25) is 0 Å². The number of amides is 1. The third-order valence-electron chi connectivity index (χ3n) is 3.83. The molecule has 1 saturated carbocycles. The topological polar surface area (TPSA) is 122 Å². The minimum Gasteiger partial charge on any atom is -0.508 e. The molecule has 23 heavy (non-hydrogen) atoms. The summed E-state index contributed by atoms with van der Waals surface area (Å²) < 4.78 is 5.21. The van der Waals surface area contributed by atoms with Crippen LogP contribution in [0, 0.1) is 0 Å². The van der Waals surface area contributed by atoms with E-state index in [1.54, 1.807) is 20.8 Å². The van der Waals surface area contributed by atoms with E-state index in [4.69, 9.17) is 10.5 Å². The van der Waals surface area contributed by atoms with Crippen LogP contribution in [0.3, 0.4) is 0 Å². The highest BCUT2D eigenvalue weighted by molar-refractivity contribution is 5.87. The number of carboxylic acid groups (broad SMARTS) is 1. The number of carboxylic acids is 1. The molecular formula is C16H22N2O5. The number of ether oxygens (including phenoxy) is 1. The van der Waals surface area contributed by atoms with Crippen molar-refractivity contribution in [3.63, 3.8) is 0 Å². The summed E-state index contributed by atoms with van der Waals surface area (Å²) in [6.45, 7) is 5.23. The van der Waals surface area contributed by atoms with Crippen LogP contribution in [0.1, 0.15) is 39.2 Å². The summed E-state index contributed by atoms with van der Waals surface area (Å²) in [5, 5.41) is 21.6. The molecule has 1 aromatic carbocycles. The maximum Gasteiger partial charge on any atom is 0.412 e. The Morgan fingerprint density at radius 3 is 2.43 bits per heavy atom. The van der Waals surface area contributed by atoms with E-state index in [9.17, 15) is 19.8 Å². The number of nitrogens with two attached hydrogens (primary N) is 1. The van der Waals surface area contributed by atoms with Gasteiger partial charge < -0.3 is 20.7 Å². The monoisotopic (exact) mass is 322 g/mol. The number of phenols is 1. The Labute approximate surface area is 134 Å². The maximum atomic E-state index is 12.0. The van der Waals surface area contributed by atoms with Crippen LogP contribution in [-0.4, -0.2) is 33.9 Å². The standard InChI is InChI=1S/C16H22N2O5/c1-15(2,3)23-14(22)18-11-5-4-9(19)8-10(11)16(6-7-16)12(17)13(20)21/h4-5,8,12,19H,6-7,17H2,1-3H3,(H,18,22)(H,20,21). The van der Waals surface area contributed by atoms with Crippen LogP contribution in [0.15, 0.2) is 18.2 Å². The van der Waals surface area contributed by atoms with Gasteiger partial charge in [0, 0.05) is 11.1 Å². The molecule has 0 heterocycles. The Kier molecular flexibility index (Phi) is 4.26. The molecule has 0 aromatic heterocycles. The fourth-order valence-corrected chi connectivity index (χ4v) is 2.59. The summed E-state index contributed by atoms with van der Waals surface area (Å²) in [7, 11) is 0. The van der Waals surface area contributed by atoms with Crippen molar-refractivity contribution in [1.82, 2.24) is 0 Å². The van der Waals surface area contributed by atoms with Crippen molar-refractivity contribution < 1.29 is 24.5 Å². The van der Waals surface area contributed by atoms with E-state index in [2.05, 4.69) is 5.32 Å². The number of carbonyl (C=O) groups is 2. The number of carbonyl (C=O) groups excluding carboxylic acids is 1. The molecule has 7 heteroatoms. The first-order valence-electron chi connectivity index (χ1n) is 7.37.